The Kier molecular flexibility index (Phi) is 8.14. The molecule has 0 spiro atoms. The van der Waals surface area contributed by atoms with Crippen LogP contribution in [0.2, 0.25) is 0 Å². The summed E-state index contributed by atoms with van der Waals surface area (Å²) in [6.07, 6.45) is 6.37. The maximum absolute atomic E-state index is 5.86. The summed E-state index contributed by atoms with van der Waals surface area (Å²) in [6, 6.07) is 38.0. The molecule has 0 bridgehead atoms. The van der Waals surface area contributed by atoms with Crippen molar-refractivity contribution < 1.29 is 9.68 Å². The molecule has 0 atom stereocenters. The lowest BCUT2D eigenvalue weighted by molar-refractivity contribution is 0.0894. The van der Waals surface area contributed by atoms with Crippen LogP contribution in [-0.2, 0) is 22.5 Å². The van der Waals surface area contributed by atoms with Crippen molar-refractivity contribution in [1.82, 2.24) is 9.97 Å². The molecule has 0 fully saturated rings. The van der Waals surface area contributed by atoms with E-state index in [-0.39, 0.29) is 0 Å². The van der Waals surface area contributed by atoms with Crippen LogP contribution in [-0.4, -0.2) is 34.6 Å². The third kappa shape index (κ3) is 5.76. The van der Waals surface area contributed by atoms with Crippen LogP contribution in [0.3, 0.4) is 0 Å². The van der Waals surface area contributed by atoms with Crippen LogP contribution in [0.4, 0.5) is 0 Å². The van der Waals surface area contributed by atoms with Gasteiger partial charge in [0.05, 0.1) is 22.4 Å². The van der Waals surface area contributed by atoms with Gasteiger partial charge in [0.15, 0.2) is 0 Å². The summed E-state index contributed by atoms with van der Waals surface area (Å²) in [5.74, 6) is 0. The third-order valence-electron chi connectivity index (χ3n) is 9.16. The van der Waals surface area contributed by atoms with E-state index < -0.39 is 0 Å². The molecule has 2 heterocycles. The average molecular weight is 617 g/mol. The summed E-state index contributed by atoms with van der Waals surface area (Å²) in [5, 5.41) is 11.6. The smallest absolute Gasteiger partial charge is 0.120 e. The molecule has 0 saturated heterocycles. The summed E-state index contributed by atoms with van der Waals surface area (Å²) in [4.78, 5) is 21.8. The Morgan fingerprint density at radius 1 is 0.489 bits per heavy atom. The highest BCUT2D eigenvalue weighted by Crippen LogP contribution is 2.38. The van der Waals surface area contributed by atoms with Crippen LogP contribution in [0.15, 0.2) is 120 Å². The maximum atomic E-state index is 5.86. The molecule has 4 aromatic carbocycles. The quantitative estimate of drug-likeness (QED) is 0.126. The molecule has 47 heavy (non-hydrogen) atoms. The van der Waals surface area contributed by atoms with Crippen LogP contribution in [0.25, 0.3) is 44.1 Å². The van der Waals surface area contributed by atoms with Gasteiger partial charge in [0.2, 0.25) is 0 Å². The Balaban J connectivity index is 0.970. The number of para-hydroxylation sites is 2. The average Bonchev–Trinajstić information content (AvgIpc) is 3.13. The molecule has 0 saturated carbocycles. The van der Waals surface area contributed by atoms with E-state index in [1.807, 2.05) is 12.1 Å². The lowest BCUT2D eigenvalue weighted by Gasteiger charge is -2.22. The molecule has 6 aromatic rings. The molecule has 2 aliphatic carbocycles. The molecule has 2 aliphatic rings. The zero-order valence-electron chi connectivity index (χ0n) is 26.4. The van der Waals surface area contributed by atoms with Crippen molar-refractivity contribution in [2.24, 2.45) is 10.3 Å². The minimum atomic E-state index is 0.445. The Labute approximate surface area is 274 Å². The Bertz CT molecular complexity index is 1970. The molecule has 2 aromatic heterocycles. The van der Waals surface area contributed by atoms with Gasteiger partial charge in [0.1, 0.15) is 24.6 Å². The van der Waals surface area contributed by atoms with Gasteiger partial charge >= 0.3 is 0 Å². The standard InChI is InChI=1S/C41H36N4O2/c1-3-14-28(15-4-1)38-30-18-7-9-22-34(30)42-40-32(38)20-11-24-36(40)44-46-26-13-27-47-45-37-25-12-21-33-39(29-16-5-2-6-17-29)31-19-8-10-23-35(31)43-41(33)37/h1-10,14-19,22-23H,11-13,20-21,24-27H2/b44-36+,45-37+. The topological polar surface area (TPSA) is 69.0 Å². The fraction of sp³-hybridized carbons (Fsp3) is 0.220. The first-order chi connectivity index (χ1) is 23.3. The van der Waals surface area contributed by atoms with Crippen molar-refractivity contribution in [3.05, 3.63) is 132 Å². The minimum Gasteiger partial charge on any atom is -0.395 e. The highest BCUT2D eigenvalue weighted by Gasteiger charge is 2.25. The summed E-state index contributed by atoms with van der Waals surface area (Å²) in [7, 11) is 0. The molecule has 232 valence electrons. The van der Waals surface area contributed by atoms with E-state index in [0.717, 1.165) is 72.4 Å². The van der Waals surface area contributed by atoms with Gasteiger partial charge in [-0.05, 0) is 84.0 Å². The first-order valence-electron chi connectivity index (χ1n) is 16.7. The predicted molar refractivity (Wildman–Crippen MR) is 190 cm³/mol. The van der Waals surface area contributed by atoms with E-state index in [0.29, 0.717) is 19.6 Å². The maximum Gasteiger partial charge on any atom is 0.120 e. The molecule has 0 unspecified atom stereocenters. The lowest BCUT2D eigenvalue weighted by Crippen LogP contribution is -2.17. The summed E-state index contributed by atoms with van der Waals surface area (Å²) < 4.78 is 0. The van der Waals surface area contributed by atoms with Gasteiger partial charge in [-0.2, -0.15) is 0 Å². The van der Waals surface area contributed by atoms with Crippen molar-refractivity contribution in [1.29, 1.82) is 0 Å². The first kappa shape index (κ1) is 29.1. The highest BCUT2D eigenvalue weighted by atomic mass is 16.6. The van der Waals surface area contributed by atoms with Gasteiger partial charge in [0, 0.05) is 17.2 Å². The second kappa shape index (κ2) is 13.2. The summed E-state index contributed by atoms with van der Waals surface area (Å²) >= 11 is 0. The molecule has 0 amide bonds. The largest absolute Gasteiger partial charge is 0.395 e. The van der Waals surface area contributed by atoms with Gasteiger partial charge in [-0.15, -0.1) is 0 Å². The van der Waals surface area contributed by atoms with E-state index in [9.17, 15) is 0 Å². The molecular weight excluding hydrogens is 580 g/mol. The van der Waals surface area contributed by atoms with Crippen molar-refractivity contribution in [3.63, 3.8) is 0 Å². The van der Waals surface area contributed by atoms with Crippen molar-refractivity contribution >= 4 is 33.2 Å². The fourth-order valence-corrected chi connectivity index (χ4v) is 7.05. The number of hydrogen-bond acceptors (Lipinski definition) is 6. The van der Waals surface area contributed by atoms with Crippen molar-refractivity contribution in [2.75, 3.05) is 13.2 Å². The SMILES string of the molecule is c1ccc(-c2c3c(nc4ccccc24)/C(=N/OCCCO/N=C2\CCCc4c2nc2ccccc2c4-c2ccccc2)CCC3)cc1. The zero-order valence-corrected chi connectivity index (χ0v) is 26.4. The number of oxime groups is 2. The number of aromatic nitrogens is 2. The minimum absolute atomic E-state index is 0.445. The molecule has 0 radical (unpaired) electrons. The lowest BCUT2D eigenvalue weighted by atomic mass is 9.86. The van der Waals surface area contributed by atoms with Crippen LogP contribution < -0.4 is 0 Å². The second-order valence-electron chi connectivity index (χ2n) is 12.2. The fourth-order valence-electron chi connectivity index (χ4n) is 7.05. The van der Waals surface area contributed by atoms with Crippen LogP contribution in [0.5, 0.6) is 0 Å². The number of nitrogens with zero attached hydrogens (tertiary/aromatic N) is 4. The van der Waals surface area contributed by atoms with Crippen LogP contribution >= 0.6 is 0 Å². The summed E-state index contributed by atoms with van der Waals surface area (Å²) in [5.41, 5.74) is 13.2. The Morgan fingerprint density at radius 2 is 0.915 bits per heavy atom. The highest BCUT2D eigenvalue weighted by molar-refractivity contribution is 6.08. The van der Waals surface area contributed by atoms with Gasteiger partial charge in [-0.1, -0.05) is 107 Å². The zero-order chi connectivity index (χ0) is 31.4. The molecule has 6 nitrogen and oxygen atoms in total. The van der Waals surface area contributed by atoms with E-state index >= 15 is 0 Å². The number of pyridine rings is 2. The van der Waals surface area contributed by atoms with E-state index in [4.69, 9.17) is 19.6 Å². The van der Waals surface area contributed by atoms with Crippen LogP contribution in [0.1, 0.15) is 54.6 Å². The van der Waals surface area contributed by atoms with E-state index in [1.54, 1.807) is 0 Å². The van der Waals surface area contributed by atoms with E-state index in [2.05, 4.69) is 107 Å². The molecule has 0 N–H and O–H groups in total. The number of fused-ring (bicyclic) bond motifs is 4. The third-order valence-corrected chi connectivity index (χ3v) is 9.16. The summed E-state index contributed by atoms with van der Waals surface area (Å²) in [6.45, 7) is 0.890. The molecular formula is C41H36N4O2. The van der Waals surface area contributed by atoms with Gasteiger partial charge in [-0.3, -0.25) is 0 Å². The van der Waals surface area contributed by atoms with Crippen LogP contribution in [0, 0.1) is 0 Å². The number of rotatable bonds is 8. The number of benzene rings is 4. The normalized spacial score (nSPS) is 15.9. The Morgan fingerprint density at radius 3 is 1.38 bits per heavy atom. The number of hydrogen-bond donors (Lipinski definition) is 0. The van der Waals surface area contributed by atoms with Crippen molar-refractivity contribution in [3.8, 4) is 22.3 Å². The van der Waals surface area contributed by atoms with Gasteiger partial charge in [0.25, 0.3) is 0 Å². The first-order valence-corrected chi connectivity index (χ1v) is 16.7. The van der Waals surface area contributed by atoms with Crippen molar-refractivity contribution in [2.45, 2.75) is 44.9 Å². The predicted octanol–water partition coefficient (Wildman–Crippen LogP) is 9.32. The monoisotopic (exact) mass is 616 g/mol. The molecule has 6 heteroatoms. The molecule has 0 aliphatic heterocycles. The Hall–Kier alpha value is -5.36. The molecule has 8 rings (SSSR count). The van der Waals surface area contributed by atoms with Gasteiger partial charge in [-0.25, -0.2) is 9.97 Å². The van der Waals surface area contributed by atoms with Gasteiger partial charge < -0.3 is 9.68 Å². The van der Waals surface area contributed by atoms with E-state index in [1.165, 1.54) is 44.2 Å². The second-order valence-corrected chi connectivity index (χ2v) is 12.2.